The van der Waals surface area contributed by atoms with Crippen molar-refractivity contribution in [3.63, 3.8) is 0 Å². The highest BCUT2D eigenvalue weighted by Crippen LogP contribution is 2.29. The summed E-state index contributed by atoms with van der Waals surface area (Å²) in [7, 11) is 0. The van der Waals surface area contributed by atoms with Crippen LogP contribution in [0.4, 0.5) is 5.69 Å². The van der Waals surface area contributed by atoms with E-state index in [4.69, 9.17) is 33.7 Å². The van der Waals surface area contributed by atoms with E-state index in [2.05, 4.69) is 15.9 Å². The van der Waals surface area contributed by atoms with Crippen LogP contribution in [-0.2, 0) is 6.61 Å². The molecule has 0 aromatic heterocycles. The molecule has 2 N–H and O–H groups in total. The molecule has 0 aliphatic rings. The van der Waals surface area contributed by atoms with Crippen LogP contribution in [0.2, 0.25) is 10.0 Å². The Hall–Kier alpha value is -0.900. The highest BCUT2D eigenvalue weighted by atomic mass is 79.9. The van der Waals surface area contributed by atoms with Crippen molar-refractivity contribution in [2.24, 2.45) is 0 Å². The summed E-state index contributed by atoms with van der Waals surface area (Å²) >= 11 is 15.2. The second-order valence-electron chi connectivity index (χ2n) is 3.71. The van der Waals surface area contributed by atoms with E-state index in [1.54, 1.807) is 18.2 Å². The molecule has 0 heterocycles. The van der Waals surface area contributed by atoms with E-state index in [0.717, 1.165) is 10.0 Å². The first kappa shape index (κ1) is 13.5. The number of benzene rings is 2. The van der Waals surface area contributed by atoms with Gasteiger partial charge < -0.3 is 10.5 Å². The first-order valence-corrected chi connectivity index (χ1v) is 6.73. The van der Waals surface area contributed by atoms with Crippen molar-refractivity contribution in [2.45, 2.75) is 6.61 Å². The minimum atomic E-state index is 0.346. The predicted octanol–water partition coefficient (Wildman–Crippen LogP) is 4.92. The van der Waals surface area contributed by atoms with Crippen molar-refractivity contribution < 1.29 is 4.74 Å². The van der Waals surface area contributed by atoms with Gasteiger partial charge in [0.1, 0.15) is 12.4 Å². The zero-order chi connectivity index (χ0) is 13.1. The Bertz CT molecular complexity index is 575. The van der Waals surface area contributed by atoms with Gasteiger partial charge in [0.25, 0.3) is 0 Å². The van der Waals surface area contributed by atoms with E-state index in [1.165, 1.54) is 0 Å². The van der Waals surface area contributed by atoms with E-state index < -0.39 is 0 Å². The van der Waals surface area contributed by atoms with Gasteiger partial charge in [-0.1, -0.05) is 45.2 Å². The molecule has 0 amide bonds. The number of hydrogen-bond donors (Lipinski definition) is 1. The molecular weight excluding hydrogens is 337 g/mol. The van der Waals surface area contributed by atoms with Crippen LogP contribution in [-0.4, -0.2) is 0 Å². The maximum absolute atomic E-state index is 6.01. The molecule has 0 saturated carbocycles. The molecule has 0 unspecified atom stereocenters. The van der Waals surface area contributed by atoms with Crippen molar-refractivity contribution >= 4 is 44.8 Å². The number of hydrogen-bond acceptors (Lipinski definition) is 2. The molecule has 94 valence electrons. The van der Waals surface area contributed by atoms with Crippen LogP contribution in [0.3, 0.4) is 0 Å². The monoisotopic (exact) mass is 345 g/mol. The number of anilines is 1. The van der Waals surface area contributed by atoms with Gasteiger partial charge in [0.2, 0.25) is 0 Å². The van der Waals surface area contributed by atoms with E-state index in [9.17, 15) is 0 Å². The van der Waals surface area contributed by atoms with Crippen LogP contribution < -0.4 is 10.5 Å². The van der Waals surface area contributed by atoms with E-state index in [-0.39, 0.29) is 0 Å². The summed E-state index contributed by atoms with van der Waals surface area (Å²) in [5, 5.41) is 1.10. The Morgan fingerprint density at radius 1 is 1.11 bits per heavy atom. The molecular formula is C13H10BrCl2NO. The third-order valence-corrected chi connectivity index (χ3v) is 3.42. The smallest absolute Gasteiger partial charge is 0.139 e. The fourth-order valence-corrected chi connectivity index (χ4v) is 2.15. The van der Waals surface area contributed by atoms with Gasteiger partial charge in [0, 0.05) is 26.8 Å². The first-order valence-electron chi connectivity index (χ1n) is 5.18. The van der Waals surface area contributed by atoms with Crippen LogP contribution in [0, 0.1) is 0 Å². The average Bonchev–Trinajstić information content (AvgIpc) is 2.32. The molecule has 0 spiro atoms. The largest absolute Gasteiger partial charge is 0.487 e. The van der Waals surface area contributed by atoms with Gasteiger partial charge in [-0.15, -0.1) is 0 Å². The molecule has 0 atom stereocenters. The van der Waals surface area contributed by atoms with Crippen molar-refractivity contribution in [3.8, 4) is 5.75 Å². The molecule has 2 aromatic rings. The Morgan fingerprint density at radius 2 is 1.89 bits per heavy atom. The Labute approximate surface area is 124 Å². The third-order valence-electron chi connectivity index (χ3n) is 2.38. The van der Waals surface area contributed by atoms with Crippen molar-refractivity contribution in [1.29, 1.82) is 0 Å². The van der Waals surface area contributed by atoms with E-state index in [1.807, 2.05) is 18.2 Å². The summed E-state index contributed by atoms with van der Waals surface area (Å²) in [5.74, 6) is 0.548. The zero-order valence-corrected chi connectivity index (χ0v) is 12.4. The van der Waals surface area contributed by atoms with Gasteiger partial charge in [-0.3, -0.25) is 0 Å². The van der Waals surface area contributed by atoms with E-state index in [0.29, 0.717) is 28.1 Å². The summed E-state index contributed by atoms with van der Waals surface area (Å²) in [6, 6.07) is 10.7. The Kier molecular flexibility index (Phi) is 4.38. The lowest BCUT2D eigenvalue weighted by molar-refractivity contribution is 0.307. The normalized spacial score (nSPS) is 10.4. The Morgan fingerprint density at radius 3 is 2.61 bits per heavy atom. The van der Waals surface area contributed by atoms with Gasteiger partial charge in [-0.25, -0.2) is 0 Å². The molecule has 2 nitrogen and oxygen atoms in total. The van der Waals surface area contributed by atoms with Crippen LogP contribution >= 0.6 is 39.1 Å². The fourth-order valence-electron chi connectivity index (χ4n) is 1.44. The summed E-state index contributed by atoms with van der Waals surface area (Å²) < 4.78 is 6.55. The molecule has 0 radical (unpaired) electrons. The number of nitrogen functional groups attached to an aromatic ring is 1. The molecule has 2 rings (SSSR count). The molecule has 0 aliphatic carbocycles. The second kappa shape index (κ2) is 5.83. The first-order chi connectivity index (χ1) is 8.56. The Balaban J connectivity index is 2.13. The van der Waals surface area contributed by atoms with Crippen LogP contribution in [0.25, 0.3) is 0 Å². The molecule has 0 fully saturated rings. The summed E-state index contributed by atoms with van der Waals surface area (Å²) in [4.78, 5) is 0. The standard InChI is InChI=1S/C13H10BrCl2NO/c14-9-2-1-8(12(17)5-9)7-18-13-6-10(15)3-4-11(13)16/h1-6H,7,17H2. The van der Waals surface area contributed by atoms with Gasteiger partial charge in [-0.05, 0) is 24.3 Å². The maximum Gasteiger partial charge on any atom is 0.139 e. The van der Waals surface area contributed by atoms with Gasteiger partial charge >= 0.3 is 0 Å². The minimum absolute atomic E-state index is 0.346. The fraction of sp³-hybridized carbons (Fsp3) is 0.0769. The van der Waals surface area contributed by atoms with Crippen LogP contribution in [0.1, 0.15) is 5.56 Å². The minimum Gasteiger partial charge on any atom is -0.487 e. The lowest BCUT2D eigenvalue weighted by atomic mass is 10.2. The SMILES string of the molecule is Nc1cc(Br)ccc1COc1cc(Cl)ccc1Cl. The van der Waals surface area contributed by atoms with Gasteiger partial charge in [-0.2, -0.15) is 0 Å². The second-order valence-corrected chi connectivity index (χ2v) is 5.47. The molecule has 0 aliphatic heterocycles. The van der Waals surface area contributed by atoms with Crippen molar-refractivity contribution in [1.82, 2.24) is 0 Å². The third kappa shape index (κ3) is 3.31. The van der Waals surface area contributed by atoms with Crippen molar-refractivity contribution in [2.75, 3.05) is 5.73 Å². The van der Waals surface area contributed by atoms with Crippen LogP contribution in [0.15, 0.2) is 40.9 Å². The number of halogens is 3. The lowest BCUT2D eigenvalue weighted by Crippen LogP contribution is -2.00. The van der Waals surface area contributed by atoms with Gasteiger partial charge in [0.05, 0.1) is 5.02 Å². The molecule has 0 bridgehead atoms. The molecule has 0 saturated heterocycles. The highest BCUT2D eigenvalue weighted by molar-refractivity contribution is 9.10. The maximum atomic E-state index is 6.01. The van der Waals surface area contributed by atoms with Gasteiger partial charge in [0.15, 0.2) is 0 Å². The molecule has 5 heteroatoms. The topological polar surface area (TPSA) is 35.2 Å². The summed E-state index contributed by atoms with van der Waals surface area (Å²) in [6.45, 7) is 0.346. The molecule has 18 heavy (non-hydrogen) atoms. The quantitative estimate of drug-likeness (QED) is 0.801. The summed E-state index contributed by atoms with van der Waals surface area (Å²) in [5.41, 5.74) is 7.45. The van der Waals surface area contributed by atoms with Crippen LogP contribution in [0.5, 0.6) is 5.75 Å². The highest BCUT2D eigenvalue weighted by Gasteiger charge is 2.05. The average molecular weight is 347 g/mol. The number of ether oxygens (including phenoxy) is 1. The van der Waals surface area contributed by atoms with E-state index >= 15 is 0 Å². The van der Waals surface area contributed by atoms with Crippen molar-refractivity contribution in [3.05, 3.63) is 56.5 Å². The number of nitrogens with two attached hydrogens (primary N) is 1. The predicted molar refractivity (Wildman–Crippen MR) is 79.3 cm³/mol. The number of rotatable bonds is 3. The zero-order valence-electron chi connectivity index (χ0n) is 9.29. The molecule has 2 aromatic carbocycles. The lowest BCUT2D eigenvalue weighted by Gasteiger charge is -2.10. The summed E-state index contributed by atoms with van der Waals surface area (Å²) in [6.07, 6.45) is 0.